The van der Waals surface area contributed by atoms with Crippen LogP contribution in [0.1, 0.15) is 92.9 Å². The monoisotopic (exact) mass is 545 g/mol. The van der Waals surface area contributed by atoms with Crippen LogP contribution >= 0.6 is 0 Å². The van der Waals surface area contributed by atoms with E-state index in [2.05, 4.69) is 62.8 Å². The van der Waals surface area contributed by atoms with Crippen molar-refractivity contribution in [3.8, 4) is 0 Å². The molecule has 0 aromatic rings. The van der Waals surface area contributed by atoms with Crippen molar-refractivity contribution in [3.05, 3.63) is 12.2 Å². The summed E-state index contributed by atoms with van der Waals surface area (Å²) < 4.78 is 13.2. The molecule has 5 N–H and O–H groups in total. The van der Waals surface area contributed by atoms with Crippen molar-refractivity contribution in [2.24, 2.45) is 23.2 Å². The predicted octanol–water partition coefficient (Wildman–Crippen LogP) is 3.54. The summed E-state index contributed by atoms with van der Waals surface area (Å²) in [5, 5.41) is 19.5. The first-order chi connectivity index (χ1) is 18.4. The van der Waals surface area contributed by atoms with Crippen LogP contribution in [0.25, 0.3) is 0 Å². The molecule has 0 spiro atoms. The number of amides is 2. The average molecular weight is 546 g/mol. The standard InChI is InChI=1S/C29H52BN5O4/c1-8-9-10-11-14-25(36)34-21(13-12-15-33-27(31)32-7)26(37)35-24(16-19(2)3)30-38-23-18-20-17-22(28(20,4)5)29(23,6)39-30/h11,14,19-24H,8-10,12-13,15-18H2,1-7H3,(H,34,36)(H,35,37)(H3,31,32,33)/b14-11+/t20-,21-,22-,23+,24-,29-/m0/s1. The van der Waals surface area contributed by atoms with E-state index in [-0.39, 0.29) is 40.8 Å². The highest BCUT2D eigenvalue weighted by Gasteiger charge is 2.68. The number of hydrogen-bond acceptors (Lipinski definition) is 5. The Hall–Kier alpha value is -2.07. The molecule has 2 bridgehead atoms. The van der Waals surface area contributed by atoms with E-state index in [1.54, 1.807) is 7.05 Å². The summed E-state index contributed by atoms with van der Waals surface area (Å²) in [4.78, 5) is 26.3. The summed E-state index contributed by atoms with van der Waals surface area (Å²) >= 11 is 0. The van der Waals surface area contributed by atoms with Crippen molar-refractivity contribution in [1.82, 2.24) is 21.3 Å². The smallest absolute Gasteiger partial charge is 0.404 e. The second kappa shape index (κ2) is 13.5. The molecule has 39 heavy (non-hydrogen) atoms. The van der Waals surface area contributed by atoms with Crippen LogP contribution in [0.5, 0.6) is 0 Å². The molecular weight excluding hydrogens is 493 g/mol. The molecule has 9 nitrogen and oxygen atoms in total. The third kappa shape index (κ3) is 7.57. The van der Waals surface area contributed by atoms with E-state index in [1.165, 1.54) is 12.5 Å². The average Bonchev–Trinajstić information content (AvgIpc) is 3.24. The Kier molecular flexibility index (Phi) is 10.9. The van der Waals surface area contributed by atoms with Crippen LogP contribution in [0, 0.1) is 28.6 Å². The van der Waals surface area contributed by atoms with Crippen LogP contribution < -0.4 is 21.3 Å². The van der Waals surface area contributed by atoms with Crippen molar-refractivity contribution < 1.29 is 18.9 Å². The number of carbonyl (C=O) groups is 2. The summed E-state index contributed by atoms with van der Waals surface area (Å²) in [7, 11) is 1.17. The molecule has 0 radical (unpaired) electrons. The van der Waals surface area contributed by atoms with E-state index >= 15 is 0 Å². The van der Waals surface area contributed by atoms with E-state index in [9.17, 15) is 9.59 Å². The highest BCUT2D eigenvalue weighted by atomic mass is 16.7. The van der Waals surface area contributed by atoms with E-state index in [1.807, 2.05) is 6.08 Å². The van der Waals surface area contributed by atoms with Crippen LogP contribution in [0.4, 0.5) is 0 Å². The molecule has 4 fully saturated rings. The first-order valence-corrected chi connectivity index (χ1v) is 15.0. The first kappa shape index (κ1) is 31.5. The van der Waals surface area contributed by atoms with E-state index in [0.29, 0.717) is 37.1 Å². The lowest BCUT2D eigenvalue weighted by atomic mass is 9.43. The fraction of sp³-hybridized carbons (Fsp3) is 0.828. The lowest BCUT2D eigenvalue weighted by Gasteiger charge is -2.64. The topological polar surface area (TPSA) is 125 Å². The SMILES string of the molecule is CCCC/C=C/C(=O)N[C@@H](CCCNC(=N)NC)C(=O)N[C@@H](CC(C)C)B1O[C@@H]2C[C@@H]3C[C@@H](C3(C)C)[C@]2(C)O1. The maximum absolute atomic E-state index is 13.6. The van der Waals surface area contributed by atoms with Crippen LogP contribution in [-0.2, 0) is 18.9 Å². The van der Waals surface area contributed by atoms with Crippen LogP contribution in [-0.4, -0.2) is 62.2 Å². The lowest BCUT2D eigenvalue weighted by molar-refractivity contribution is -0.199. The van der Waals surface area contributed by atoms with Crippen LogP contribution in [0.15, 0.2) is 12.2 Å². The van der Waals surface area contributed by atoms with Gasteiger partial charge in [0.25, 0.3) is 0 Å². The Labute approximate surface area is 236 Å². The van der Waals surface area contributed by atoms with Gasteiger partial charge in [-0.3, -0.25) is 15.0 Å². The van der Waals surface area contributed by atoms with Crippen LogP contribution in [0.2, 0.25) is 0 Å². The van der Waals surface area contributed by atoms with Gasteiger partial charge in [0.1, 0.15) is 6.04 Å². The number of rotatable bonds is 14. The Balaban J connectivity index is 1.68. The van der Waals surface area contributed by atoms with Crippen LogP contribution in [0.3, 0.4) is 0 Å². The number of allylic oxidation sites excluding steroid dienone is 1. The van der Waals surface area contributed by atoms with Gasteiger partial charge >= 0.3 is 7.12 Å². The zero-order valence-corrected chi connectivity index (χ0v) is 25.2. The van der Waals surface area contributed by atoms with Crippen molar-refractivity contribution in [2.75, 3.05) is 13.6 Å². The van der Waals surface area contributed by atoms with Gasteiger partial charge in [-0.2, -0.15) is 0 Å². The van der Waals surface area contributed by atoms with Gasteiger partial charge in [-0.05, 0) is 74.7 Å². The summed E-state index contributed by atoms with van der Waals surface area (Å²) in [6, 6.07) is -0.695. The minimum absolute atomic E-state index is 0.0446. The van der Waals surface area contributed by atoms with Gasteiger partial charge in [0.2, 0.25) is 11.8 Å². The maximum Gasteiger partial charge on any atom is 0.481 e. The second-order valence-corrected chi connectivity index (χ2v) is 12.9. The van der Waals surface area contributed by atoms with Crippen molar-refractivity contribution in [2.45, 2.75) is 117 Å². The maximum atomic E-state index is 13.6. The normalized spacial score (nSPS) is 28.4. The van der Waals surface area contributed by atoms with Gasteiger partial charge in [0, 0.05) is 13.6 Å². The largest absolute Gasteiger partial charge is 0.481 e. The van der Waals surface area contributed by atoms with E-state index < -0.39 is 13.2 Å². The quantitative estimate of drug-likeness (QED) is 0.0748. The molecule has 2 amide bonds. The Bertz CT molecular complexity index is 897. The Morgan fingerprint density at radius 1 is 1.15 bits per heavy atom. The minimum Gasteiger partial charge on any atom is -0.404 e. The fourth-order valence-corrected chi connectivity index (χ4v) is 6.71. The molecule has 3 saturated carbocycles. The highest BCUT2D eigenvalue weighted by Crippen LogP contribution is 2.65. The van der Waals surface area contributed by atoms with E-state index in [0.717, 1.165) is 32.1 Å². The summed E-state index contributed by atoms with van der Waals surface area (Å²) in [6.07, 6.45) is 10.3. The van der Waals surface area contributed by atoms with Crippen molar-refractivity contribution in [3.63, 3.8) is 0 Å². The second-order valence-electron chi connectivity index (χ2n) is 12.9. The lowest BCUT2D eigenvalue weighted by Crippen LogP contribution is -2.65. The Morgan fingerprint density at radius 2 is 1.90 bits per heavy atom. The van der Waals surface area contributed by atoms with Gasteiger partial charge in [-0.25, -0.2) is 0 Å². The van der Waals surface area contributed by atoms with Gasteiger partial charge in [-0.15, -0.1) is 0 Å². The number of guanidine groups is 1. The third-order valence-corrected chi connectivity index (χ3v) is 9.20. The number of nitrogens with one attached hydrogen (secondary N) is 5. The number of hydrogen-bond donors (Lipinski definition) is 5. The third-order valence-electron chi connectivity index (χ3n) is 9.20. The molecule has 6 atom stereocenters. The van der Waals surface area contributed by atoms with Gasteiger partial charge in [-0.1, -0.05) is 53.5 Å². The number of carbonyl (C=O) groups excluding carboxylic acids is 2. The van der Waals surface area contributed by atoms with Gasteiger partial charge < -0.3 is 30.6 Å². The van der Waals surface area contributed by atoms with Crippen molar-refractivity contribution in [1.29, 1.82) is 5.41 Å². The fourth-order valence-electron chi connectivity index (χ4n) is 6.71. The molecule has 1 saturated heterocycles. The summed E-state index contributed by atoms with van der Waals surface area (Å²) in [5.41, 5.74) is -0.0960. The first-order valence-electron chi connectivity index (χ1n) is 15.0. The molecule has 220 valence electrons. The molecule has 1 aliphatic heterocycles. The molecule has 0 aromatic heterocycles. The van der Waals surface area contributed by atoms with E-state index in [4.69, 9.17) is 14.7 Å². The number of unbranched alkanes of at least 4 members (excludes halogenated alkanes) is 2. The molecule has 0 unspecified atom stereocenters. The molecule has 3 aliphatic carbocycles. The predicted molar refractivity (Wildman–Crippen MR) is 156 cm³/mol. The molecule has 10 heteroatoms. The molecule has 1 heterocycles. The Morgan fingerprint density at radius 3 is 2.54 bits per heavy atom. The zero-order chi connectivity index (χ0) is 28.8. The zero-order valence-electron chi connectivity index (χ0n) is 25.2. The summed E-state index contributed by atoms with van der Waals surface area (Å²) in [5.74, 6) is 0.855. The van der Waals surface area contributed by atoms with Gasteiger partial charge in [0.05, 0.1) is 17.6 Å². The van der Waals surface area contributed by atoms with Crippen molar-refractivity contribution >= 4 is 24.9 Å². The summed E-state index contributed by atoms with van der Waals surface area (Å²) in [6.45, 7) is 13.8. The molecule has 4 rings (SSSR count). The molecule has 0 aromatic carbocycles. The van der Waals surface area contributed by atoms with Gasteiger partial charge in [0.15, 0.2) is 5.96 Å². The molecular formula is C29H52BN5O4. The highest BCUT2D eigenvalue weighted by molar-refractivity contribution is 6.48. The molecule has 4 aliphatic rings. The minimum atomic E-state index is -0.695.